The Bertz CT molecular complexity index is 538. The van der Waals surface area contributed by atoms with Gasteiger partial charge in [0.15, 0.2) is 0 Å². The van der Waals surface area contributed by atoms with Gasteiger partial charge in [-0.05, 0) is 38.6 Å². The second-order valence-electron chi connectivity index (χ2n) is 4.56. The van der Waals surface area contributed by atoms with Gasteiger partial charge < -0.3 is 5.73 Å². The maximum Gasteiger partial charge on any atom is 0.139 e. The van der Waals surface area contributed by atoms with Crippen LogP contribution in [0, 0.1) is 13.8 Å². The molecule has 3 nitrogen and oxygen atoms in total. The van der Waals surface area contributed by atoms with Gasteiger partial charge in [-0.1, -0.05) is 17.7 Å². The Morgan fingerprint density at radius 2 is 1.84 bits per heavy atom. The maximum atomic E-state index is 5.57. The predicted octanol–water partition coefficient (Wildman–Crippen LogP) is 2.89. The highest BCUT2D eigenvalue weighted by molar-refractivity contribution is 7.98. The Balaban J connectivity index is 2.04. The standard InChI is InChI=1S/C15H19N3S/c1-11-3-5-14(6-4-11)19-10-15-17-12(2)9-13(18-15)7-8-16/h3-6,9H,7-8,10,16H2,1-2H3. The summed E-state index contributed by atoms with van der Waals surface area (Å²) in [5.74, 6) is 1.68. The Morgan fingerprint density at radius 3 is 2.53 bits per heavy atom. The van der Waals surface area contributed by atoms with Crippen molar-refractivity contribution in [2.45, 2.75) is 30.9 Å². The number of nitrogens with two attached hydrogens (primary N) is 1. The SMILES string of the molecule is Cc1ccc(SCc2nc(C)cc(CCN)n2)cc1. The van der Waals surface area contributed by atoms with Crippen molar-refractivity contribution in [3.8, 4) is 0 Å². The van der Waals surface area contributed by atoms with E-state index in [1.807, 2.05) is 13.0 Å². The maximum absolute atomic E-state index is 5.57. The van der Waals surface area contributed by atoms with Crippen LogP contribution in [0.3, 0.4) is 0 Å². The summed E-state index contributed by atoms with van der Waals surface area (Å²) in [6.45, 7) is 4.72. The minimum Gasteiger partial charge on any atom is -0.330 e. The normalized spacial score (nSPS) is 10.7. The average Bonchev–Trinajstić information content (AvgIpc) is 2.38. The number of rotatable bonds is 5. The van der Waals surface area contributed by atoms with Gasteiger partial charge in [0.2, 0.25) is 0 Å². The number of hydrogen-bond donors (Lipinski definition) is 1. The summed E-state index contributed by atoms with van der Waals surface area (Å²) in [5.41, 5.74) is 8.90. The van der Waals surface area contributed by atoms with Crippen molar-refractivity contribution in [1.29, 1.82) is 0 Å². The molecule has 19 heavy (non-hydrogen) atoms. The van der Waals surface area contributed by atoms with Gasteiger partial charge in [-0.3, -0.25) is 0 Å². The molecule has 0 bridgehead atoms. The monoisotopic (exact) mass is 273 g/mol. The first-order valence-electron chi connectivity index (χ1n) is 6.40. The fraction of sp³-hybridized carbons (Fsp3) is 0.333. The molecule has 0 amide bonds. The van der Waals surface area contributed by atoms with Gasteiger partial charge >= 0.3 is 0 Å². The van der Waals surface area contributed by atoms with E-state index in [4.69, 9.17) is 5.73 Å². The van der Waals surface area contributed by atoms with E-state index in [0.29, 0.717) is 6.54 Å². The molecule has 0 spiro atoms. The van der Waals surface area contributed by atoms with Gasteiger partial charge in [0, 0.05) is 22.7 Å². The average molecular weight is 273 g/mol. The minimum absolute atomic E-state index is 0.626. The zero-order chi connectivity index (χ0) is 13.7. The molecule has 0 saturated heterocycles. The molecule has 0 fully saturated rings. The molecule has 0 atom stereocenters. The van der Waals surface area contributed by atoms with E-state index in [0.717, 1.165) is 29.4 Å². The van der Waals surface area contributed by atoms with E-state index in [1.54, 1.807) is 11.8 Å². The third kappa shape index (κ3) is 4.33. The van der Waals surface area contributed by atoms with E-state index in [1.165, 1.54) is 10.5 Å². The molecule has 1 aromatic carbocycles. The lowest BCUT2D eigenvalue weighted by atomic mass is 10.2. The fourth-order valence-corrected chi connectivity index (χ4v) is 2.58. The highest BCUT2D eigenvalue weighted by atomic mass is 32.2. The number of nitrogens with zero attached hydrogens (tertiary/aromatic N) is 2. The number of aromatic nitrogens is 2. The van der Waals surface area contributed by atoms with Gasteiger partial charge in [0.1, 0.15) is 5.82 Å². The topological polar surface area (TPSA) is 51.8 Å². The summed E-state index contributed by atoms with van der Waals surface area (Å²) < 4.78 is 0. The molecule has 0 unspecified atom stereocenters. The predicted molar refractivity (Wildman–Crippen MR) is 80.3 cm³/mol. The summed E-state index contributed by atoms with van der Waals surface area (Å²) in [5, 5.41) is 0. The first-order valence-corrected chi connectivity index (χ1v) is 7.39. The lowest BCUT2D eigenvalue weighted by Gasteiger charge is -2.05. The number of thioether (sulfide) groups is 1. The van der Waals surface area contributed by atoms with Gasteiger partial charge in [-0.25, -0.2) is 9.97 Å². The van der Waals surface area contributed by atoms with Crippen molar-refractivity contribution in [1.82, 2.24) is 9.97 Å². The molecule has 100 valence electrons. The number of hydrogen-bond acceptors (Lipinski definition) is 4. The molecule has 0 radical (unpaired) electrons. The Labute approximate surface area is 118 Å². The van der Waals surface area contributed by atoms with Crippen molar-refractivity contribution in [2.75, 3.05) is 6.54 Å². The Hall–Kier alpha value is -1.39. The van der Waals surface area contributed by atoms with E-state index in [2.05, 4.69) is 41.2 Å². The van der Waals surface area contributed by atoms with Gasteiger partial charge in [-0.2, -0.15) is 0 Å². The smallest absolute Gasteiger partial charge is 0.139 e. The van der Waals surface area contributed by atoms with E-state index >= 15 is 0 Å². The molecule has 4 heteroatoms. The van der Waals surface area contributed by atoms with Crippen LogP contribution in [0.5, 0.6) is 0 Å². The lowest BCUT2D eigenvalue weighted by molar-refractivity contribution is 0.871. The highest BCUT2D eigenvalue weighted by Gasteiger charge is 2.03. The van der Waals surface area contributed by atoms with Crippen LogP contribution in [-0.4, -0.2) is 16.5 Å². The molecule has 1 heterocycles. The Morgan fingerprint density at radius 1 is 1.11 bits per heavy atom. The van der Waals surface area contributed by atoms with Crippen LogP contribution in [-0.2, 0) is 12.2 Å². The van der Waals surface area contributed by atoms with Gasteiger partial charge in [0.05, 0.1) is 5.75 Å². The second kappa shape index (κ2) is 6.68. The van der Waals surface area contributed by atoms with Crippen LogP contribution in [0.1, 0.15) is 22.8 Å². The fourth-order valence-electron chi connectivity index (χ4n) is 1.82. The second-order valence-corrected chi connectivity index (χ2v) is 5.61. The molecular weight excluding hydrogens is 254 g/mol. The molecule has 0 aliphatic carbocycles. The third-order valence-electron chi connectivity index (χ3n) is 2.74. The first-order chi connectivity index (χ1) is 9.17. The summed E-state index contributed by atoms with van der Waals surface area (Å²) >= 11 is 1.76. The van der Waals surface area contributed by atoms with Crippen molar-refractivity contribution < 1.29 is 0 Å². The molecule has 0 aliphatic heterocycles. The third-order valence-corrected chi connectivity index (χ3v) is 3.75. The molecule has 2 aromatic rings. The zero-order valence-electron chi connectivity index (χ0n) is 11.4. The Kier molecular flexibility index (Phi) is 4.93. The first kappa shape index (κ1) is 14.0. The van der Waals surface area contributed by atoms with E-state index < -0.39 is 0 Å². The van der Waals surface area contributed by atoms with Gasteiger partial charge in [-0.15, -0.1) is 11.8 Å². The highest BCUT2D eigenvalue weighted by Crippen LogP contribution is 2.21. The van der Waals surface area contributed by atoms with Gasteiger partial charge in [0.25, 0.3) is 0 Å². The zero-order valence-corrected chi connectivity index (χ0v) is 12.2. The van der Waals surface area contributed by atoms with Crippen molar-refractivity contribution in [3.63, 3.8) is 0 Å². The quantitative estimate of drug-likeness (QED) is 0.851. The van der Waals surface area contributed by atoms with Crippen LogP contribution in [0.25, 0.3) is 0 Å². The summed E-state index contributed by atoms with van der Waals surface area (Å²) in [6, 6.07) is 10.5. The van der Waals surface area contributed by atoms with Crippen molar-refractivity contribution in [3.05, 3.63) is 53.1 Å². The van der Waals surface area contributed by atoms with Crippen LogP contribution in [0.15, 0.2) is 35.2 Å². The van der Waals surface area contributed by atoms with E-state index in [-0.39, 0.29) is 0 Å². The van der Waals surface area contributed by atoms with Crippen LogP contribution >= 0.6 is 11.8 Å². The largest absolute Gasteiger partial charge is 0.330 e. The molecular formula is C15H19N3S. The summed E-state index contributed by atoms with van der Waals surface area (Å²) in [6.07, 6.45) is 0.811. The number of aryl methyl sites for hydroxylation is 2. The molecule has 1 aromatic heterocycles. The summed E-state index contributed by atoms with van der Waals surface area (Å²) in [7, 11) is 0. The van der Waals surface area contributed by atoms with Crippen LogP contribution in [0.2, 0.25) is 0 Å². The molecule has 2 rings (SSSR count). The minimum atomic E-state index is 0.626. The van der Waals surface area contributed by atoms with E-state index in [9.17, 15) is 0 Å². The van der Waals surface area contributed by atoms with Crippen molar-refractivity contribution in [2.24, 2.45) is 5.73 Å². The van der Waals surface area contributed by atoms with Crippen molar-refractivity contribution >= 4 is 11.8 Å². The molecule has 0 saturated carbocycles. The number of benzene rings is 1. The molecule has 0 aliphatic rings. The van der Waals surface area contributed by atoms with Crippen LogP contribution < -0.4 is 5.73 Å². The van der Waals surface area contributed by atoms with Crippen LogP contribution in [0.4, 0.5) is 0 Å². The molecule has 2 N–H and O–H groups in total. The lowest BCUT2D eigenvalue weighted by Crippen LogP contribution is -2.07. The summed E-state index contributed by atoms with van der Waals surface area (Å²) in [4.78, 5) is 10.3.